The lowest BCUT2D eigenvalue weighted by molar-refractivity contribution is 0.0604. The molecular formula is C14H21BrO. The molecule has 16 heavy (non-hydrogen) atoms. The minimum atomic E-state index is 0.452. The lowest BCUT2D eigenvalue weighted by Gasteiger charge is -2.18. The van der Waals surface area contributed by atoms with E-state index in [4.69, 9.17) is 4.74 Å². The van der Waals surface area contributed by atoms with Gasteiger partial charge < -0.3 is 4.74 Å². The summed E-state index contributed by atoms with van der Waals surface area (Å²) >= 11 is 3.40. The zero-order valence-corrected chi connectivity index (χ0v) is 11.6. The Hall–Kier alpha value is -0.520. The maximum Gasteiger partial charge on any atom is 0.0651 e. The van der Waals surface area contributed by atoms with Crippen molar-refractivity contribution >= 4 is 15.9 Å². The van der Waals surface area contributed by atoms with Gasteiger partial charge in [-0.05, 0) is 32.6 Å². The zero-order chi connectivity index (χ0) is 12.2. The van der Waals surface area contributed by atoms with Crippen molar-refractivity contribution in [1.82, 2.24) is 0 Å². The lowest BCUT2D eigenvalue weighted by Crippen LogP contribution is -2.15. The Bertz CT molecular complexity index is 250. The second-order valence-corrected chi connectivity index (χ2v) is 4.29. The van der Waals surface area contributed by atoms with E-state index in [1.54, 1.807) is 6.92 Å². The van der Waals surface area contributed by atoms with Gasteiger partial charge in [0.15, 0.2) is 0 Å². The molecule has 1 heterocycles. The summed E-state index contributed by atoms with van der Waals surface area (Å²) < 4.78 is 5.57. The van der Waals surface area contributed by atoms with E-state index in [0.29, 0.717) is 6.10 Å². The Labute approximate surface area is 108 Å². The van der Waals surface area contributed by atoms with E-state index in [1.165, 1.54) is 12.0 Å². The highest BCUT2D eigenvalue weighted by molar-refractivity contribution is 9.09. The van der Waals surface area contributed by atoms with Crippen molar-refractivity contribution in [2.24, 2.45) is 0 Å². The third-order valence-corrected chi connectivity index (χ3v) is 3.03. The molecule has 0 amide bonds. The van der Waals surface area contributed by atoms with Gasteiger partial charge in [0, 0.05) is 5.33 Å². The fourth-order valence-electron chi connectivity index (χ4n) is 1.42. The Kier molecular flexibility index (Phi) is 10.6. The van der Waals surface area contributed by atoms with Crippen LogP contribution in [0.5, 0.6) is 0 Å². The number of halogens is 1. The fourth-order valence-corrected chi connectivity index (χ4v) is 1.70. The molecule has 0 aromatic rings. The van der Waals surface area contributed by atoms with Crippen LogP contribution < -0.4 is 0 Å². The van der Waals surface area contributed by atoms with Crippen molar-refractivity contribution in [3.8, 4) is 12.3 Å². The van der Waals surface area contributed by atoms with Gasteiger partial charge in [0.1, 0.15) is 0 Å². The SMILES string of the molecule is C#CC.C=C(CBr)CCCC1CC=CCO1. The molecule has 1 aliphatic heterocycles. The first-order valence-electron chi connectivity index (χ1n) is 5.61. The Morgan fingerprint density at radius 3 is 2.81 bits per heavy atom. The number of hydrogen-bond acceptors (Lipinski definition) is 1. The van der Waals surface area contributed by atoms with Crippen LogP contribution in [0.15, 0.2) is 24.3 Å². The molecule has 0 aliphatic carbocycles. The topological polar surface area (TPSA) is 9.23 Å². The van der Waals surface area contributed by atoms with Crippen LogP contribution in [0, 0.1) is 12.3 Å². The molecule has 0 radical (unpaired) electrons. The predicted molar refractivity (Wildman–Crippen MR) is 74.8 cm³/mol. The van der Waals surface area contributed by atoms with Crippen molar-refractivity contribution in [2.75, 3.05) is 11.9 Å². The molecule has 1 aliphatic rings. The van der Waals surface area contributed by atoms with Crippen LogP contribution in [-0.4, -0.2) is 18.0 Å². The summed E-state index contributed by atoms with van der Waals surface area (Å²) in [4.78, 5) is 0. The number of hydrogen-bond donors (Lipinski definition) is 0. The molecule has 1 unspecified atom stereocenters. The molecular weight excluding hydrogens is 264 g/mol. The van der Waals surface area contributed by atoms with Gasteiger partial charge in [-0.1, -0.05) is 40.2 Å². The van der Waals surface area contributed by atoms with Gasteiger partial charge in [-0.3, -0.25) is 0 Å². The monoisotopic (exact) mass is 284 g/mol. The third kappa shape index (κ3) is 8.76. The van der Waals surface area contributed by atoms with E-state index in [2.05, 4.69) is 47.0 Å². The predicted octanol–water partition coefficient (Wildman–Crippen LogP) is 4.09. The number of rotatable bonds is 5. The summed E-state index contributed by atoms with van der Waals surface area (Å²) in [5.74, 6) is 2.25. The molecule has 0 saturated heterocycles. The number of alkyl halides is 1. The third-order valence-electron chi connectivity index (χ3n) is 2.24. The van der Waals surface area contributed by atoms with E-state index in [9.17, 15) is 0 Å². The van der Waals surface area contributed by atoms with E-state index in [1.807, 2.05) is 0 Å². The summed E-state index contributed by atoms with van der Waals surface area (Å²) in [6, 6.07) is 0. The Morgan fingerprint density at radius 2 is 2.31 bits per heavy atom. The minimum absolute atomic E-state index is 0.452. The first-order valence-corrected chi connectivity index (χ1v) is 6.73. The molecule has 0 N–H and O–H groups in total. The quantitative estimate of drug-likeness (QED) is 0.420. The van der Waals surface area contributed by atoms with E-state index >= 15 is 0 Å². The molecule has 1 rings (SSSR count). The lowest BCUT2D eigenvalue weighted by atomic mass is 10.1. The Morgan fingerprint density at radius 1 is 1.62 bits per heavy atom. The summed E-state index contributed by atoms with van der Waals surface area (Å²) in [6.07, 6.45) is 13.9. The molecule has 2 heteroatoms. The van der Waals surface area contributed by atoms with Crippen molar-refractivity contribution in [1.29, 1.82) is 0 Å². The smallest absolute Gasteiger partial charge is 0.0651 e. The summed E-state index contributed by atoms with van der Waals surface area (Å²) in [7, 11) is 0. The first kappa shape index (κ1) is 15.5. The highest BCUT2D eigenvalue weighted by Crippen LogP contribution is 2.15. The van der Waals surface area contributed by atoms with Crippen LogP contribution in [0.1, 0.15) is 32.6 Å². The van der Waals surface area contributed by atoms with Gasteiger partial charge >= 0.3 is 0 Å². The highest BCUT2D eigenvalue weighted by atomic mass is 79.9. The van der Waals surface area contributed by atoms with E-state index in [0.717, 1.165) is 31.2 Å². The zero-order valence-electron chi connectivity index (χ0n) is 10.0. The molecule has 1 nitrogen and oxygen atoms in total. The molecule has 0 fully saturated rings. The summed E-state index contributed by atoms with van der Waals surface area (Å²) in [5, 5.41) is 0.929. The number of terminal acetylenes is 1. The van der Waals surface area contributed by atoms with Gasteiger partial charge in [-0.25, -0.2) is 0 Å². The maximum absolute atomic E-state index is 5.57. The van der Waals surface area contributed by atoms with Crippen molar-refractivity contribution < 1.29 is 4.74 Å². The molecule has 90 valence electrons. The van der Waals surface area contributed by atoms with Gasteiger partial charge in [-0.2, -0.15) is 0 Å². The van der Waals surface area contributed by atoms with Crippen LogP contribution in [0.3, 0.4) is 0 Å². The van der Waals surface area contributed by atoms with Crippen molar-refractivity contribution in [3.05, 3.63) is 24.3 Å². The van der Waals surface area contributed by atoms with Gasteiger partial charge in [0.25, 0.3) is 0 Å². The van der Waals surface area contributed by atoms with Crippen LogP contribution in [0.25, 0.3) is 0 Å². The van der Waals surface area contributed by atoms with Crippen molar-refractivity contribution in [2.45, 2.75) is 38.7 Å². The minimum Gasteiger partial charge on any atom is -0.374 e. The largest absolute Gasteiger partial charge is 0.374 e. The normalized spacial score (nSPS) is 18.2. The van der Waals surface area contributed by atoms with Gasteiger partial charge in [0.2, 0.25) is 0 Å². The number of ether oxygens (including phenoxy) is 1. The van der Waals surface area contributed by atoms with Crippen LogP contribution in [0.2, 0.25) is 0 Å². The molecule has 1 atom stereocenters. The molecule has 0 aromatic carbocycles. The first-order chi connectivity index (χ1) is 7.74. The number of allylic oxidation sites excluding steroid dienone is 1. The molecule has 0 saturated carbocycles. The molecule has 0 bridgehead atoms. The maximum atomic E-state index is 5.57. The van der Waals surface area contributed by atoms with Gasteiger partial charge in [0.05, 0.1) is 12.7 Å². The summed E-state index contributed by atoms with van der Waals surface area (Å²) in [6.45, 7) is 6.40. The van der Waals surface area contributed by atoms with Crippen LogP contribution >= 0.6 is 15.9 Å². The standard InChI is InChI=1S/C11H17BrO.C3H4/c1-10(9-12)5-4-7-11-6-2-3-8-13-11;1-3-2/h2-3,11H,1,4-9H2;1H,2H3. The van der Waals surface area contributed by atoms with E-state index in [-0.39, 0.29) is 0 Å². The molecule has 0 aromatic heterocycles. The average Bonchev–Trinajstić information content (AvgIpc) is 2.31. The van der Waals surface area contributed by atoms with Gasteiger partial charge in [-0.15, -0.1) is 12.3 Å². The Balaban J connectivity index is 0.000000673. The second kappa shape index (κ2) is 11.0. The van der Waals surface area contributed by atoms with Crippen molar-refractivity contribution in [3.63, 3.8) is 0 Å². The average molecular weight is 285 g/mol. The summed E-state index contributed by atoms with van der Waals surface area (Å²) in [5.41, 5.74) is 1.28. The van der Waals surface area contributed by atoms with Crippen LogP contribution in [-0.2, 0) is 4.74 Å². The highest BCUT2D eigenvalue weighted by Gasteiger charge is 2.09. The van der Waals surface area contributed by atoms with E-state index < -0.39 is 0 Å². The van der Waals surface area contributed by atoms with Crippen LogP contribution in [0.4, 0.5) is 0 Å². The fraction of sp³-hybridized carbons (Fsp3) is 0.571. The molecule has 0 spiro atoms. The second-order valence-electron chi connectivity index (χ2n) is 3.73.